The molecular weight excluding hydrogens is 450 g/mol. The van der Waals surface area contributed by atoms with Gasteiger partial charge in [0.05, 0.1) is 24.1 Å². The first-order chi connectivity index (χ1) is 16.0. The summed E-state index contributed by atoms with van der Waals surface area (Å²) in [5.74, 6) is -0.974. The second-order valence-corrected chi connectivity index (χ2v) is 8.23. The summed E-state index contributed by atoms with van der Waals surface area (Å²) >= 11 is 0. The molecule has 1 atom stereocenters. The van der Waals surface area contributed by atoms with Gasteiger partial charge >= 0.3 is 12.1 Å². The van der Waals surface area contributed by atoms with Crippen molar-refractivity contribution in [1.29, 1.82) is 0 Å². The SMILES string of the molecule is COC(=O)[C@](C)(Cc1cccc(F)c1)c1ccnc2c(-c3ccc(C(F)(F)F)cc3)c(C)nn12. The van der Waals surface area contributed by atoms with E-state index in [2.05, 4.69) is 10.1 Å². The third-order valence-corrected chi connectivity index (χ3v) is 5.84. The Morgan fingerprint density at radius 3 is 2.41 bits per heavy atom. The van der Waals surface area contributed by atoms with Crippen LogP contribution in [0.4, 0.5) is 17.6 Å². The zero-order valence-electron chi connectivity index (χ0n) is 18.7. The van der Waals surface area contributed by atoms with Gasteiger partial charge in [0.1, 0.15) is 11.2 Å². The van der Waals surface area contributed by atoms with E-state index in [1.165, 1.54) is 42.1 Å². The maximum atomic E-state index is 13.8. The highest BCUT2D eigenvalue weighted by Crippen LogP contribution is 2.35. The Bertz CT molecular complexity index is 1360. The summed E-state index contributed by atoms with van der Waals surface area (Å²) in [7, 11) is 1.27. The number of methoxy groups -OCH3 is 1. The Kier molecular flexibility index (Phi) is 5.89. The van der Waals surface area contributed by atoms with Crippen molar-refractivity contribution >= 4 is 11.6 Å². The molecule has 5 nitrogen and oxygen atoms in total. The lowest BCUT2D eigenvalue weighted by atomic mass is 9.80. The molecule has 176 valence electrons. The fraction of sp³-hybridized carbons (Fsp3) is 0.240. The predicted molar refractivity (Wildman–Crippen MR) is 118 cm³/mol. The monoisotopic (exact) mass is 471 g/mol. The predicted octanol–water partition coefficient (Wildman–Crippen LogP) is 5.54. The number of halogens is 4. The van der Waals surface area contributed by atoms with Gasteiger partial charge in [-0.3, -0.25) is 4.79 Å². The number of esters is 1. The summed E-state index contributed by atoms with van der Waals surface area (Å²) in [6, 6.07) is 12.3. The summed E-state index contributed by atoms with van der Waals surface area (Å²) in [6.07, 6.45) is -2.81. The molecule has 2 aromatic heterocycles. The summed E-state index contributed by atoms with van der Waals surface area (Å²) in [4.78, 5) is 17.4. The molecule has 9 heteroatoms. The minimum Gasteiger partial charge on any atom is -0.468 e. The third kappa shape index (κ3) is 4.13. The Morgan fingerprint density at radius 1 is 1.09 bits per heavy atom. The number of hydrogen-bond donors (Lipinski definition) is 0. The number of hydrogen-bond acceptors (Lipinski definition) is 4. The van der Waals surface area contributed by atoms with Crippen molar-refractivity contribution in [2.75, 3.05) is 7.11 Å². The first kappa shape index (κ1) is 23.4. The molecule has 0 unspecified atom stereocenters. The number of nitrogens with zero attached hydrogens (tertiary/aromatic N) is 3. The maximum absolute atomic E-state index is 13.8. The zero-order valence-corrected chi connectivity index (χ0v) is 18.7. The molecule has 0 N–H and O–H groups in total. The lowest BCUT2D eigenvalue weighted by Gasteiger charge is -2.27. The quantitative estimate of drug-likeness (QED) is 0.284. The van der Waals surface area contributed by atoms with Crippen LogP contribution in [0.1, 0.15) is 29.4 Å². The number of alkyl halides is 3. The van der Waals surface area contributed by atoms with Gasteiger partial charge in [-0.2, -0.15) is 18.3 Å². The second kappa shape index (κ2) is 8.55. The van der Waals surface area contributed by atoms with Crippen molar-refractivity contribution in [2.24, 2.45) is 0 Å². The largest absolute Gasteiger partial charge is 0.468 e. The standard InChI is InChI=1S/C25H21F4N3O2/c1-15-21(17-7-9-18(10-8-17)25(27,28)29)22-30-12-11-20(32(22)31-15)24(2,23(33)34-3)14-16-5-4-6-19(26)13-16/h4-13H,14H2,1-3H3/t24-/m1/s1. The molecule has 2 heterocycles. The fourth-order valence-electron chi connectivity index (χ4n) is 4.18. The fourth-order valence-corrected chi connectivity index (χ4v) is 4.18. The number of aryl methyl sites for hydroxylation is 1. The van der Waals surface area contributed by atoms with Gasteiger partial charge in [0.2, 0.25) is 0 Å². The van der Waals surface area contributed by atoms with Crippen molar-refractivity contribution in [3.8, 4) is 11.1 Å². The molecule has 0 aliphatic rings. The number of aromatic nitrogens is 3. The van der Waals surface area contributed by atoms with Crippen molar-refractivity contribution < 1.29 is 27.1 Å². The Morgan fingerprint density at radius 2 is 1.79 bits per heavy atom. The average Bonchev–Trinajstić information content (AvgIpc) is 3.13. The zero-order chi connectivity index (χ0) is 24.7. The van der Waals surface area contributed by atoms with E-state index in [4.69, 9.17) is 4.74 Å². The van der Waals surface area contributed by atoms with Crippen LogP contribution in [-0.2, 0) is 27.5 Å². The number of carbonyl (C=O) groups is 1. The van der Waals surface area contributed by atoms with Gasteiger partial charge in [-0.05, 0) is 61.7 Å². The molecule has 0 saturated carbocycles. The first-order valence-electron chi connectivity index (χ1n) is 10.4. The van der Waals surface area contributed by atoms with Crippen LogP contribution in [0.2, 0.25) is 0 Å². The van der Waals surface area contributed by atoms with Crippen LogP contribution in [-0.4, -0.2) is 27.7 Å². The summed E-state index contributed by atoms with van der Waals surface area (Å²) < 4.78 is 59.4. The molecule has 0 fully saturated rings. The molecule has 4 rings (SSSR count). The highest BCUT2D eigenvalue weighted by molar-refractivity contribution is 5.84. The van der Waals surface area contributed by atoms with Crippen molar-refractivity contribution in [3.63, 3.8) is 0 Å². The van der Waals surface area contributed by atoms with E-state index in [0.29, 0.717) is 33.7 Å². The molecule has 0 aliphatic heterocycles. The second-order valence-electron chi connectivity index (χ2n) is 8.23. The van der Waals surface area contributed by atoms with Crippen LogP contribution in [0.25, 0.3) is 16.8 Å². The van der Waals surface area contributed by atoms with Crippen LogP contribution in [0.15, 0.2) is 60.8 Å². The van der Waals surface area contributed by atoms with Crippen LogP contribution in [0, 0.1) is 12.7 Å². The first-order valence-corrected chi connectivity index (χ1v) is 10.4. The molecule has 0 aliphatic carbocycles. The molecule has 0 spiro atoms. The number of ether oxygens (including phenoxy) is 1. The van der Waals surface area contributed by atoms with E-state index in [0.717, 1.165) is 12.1 Å². The van der Waals surface area contributed by atoms with Gasteiger partial charge in [0.15, 0.2) is 5.65 Å². The minimum atomic E-state index is -4.45. The van der Waals surface area contributed by atoms with Crippen molar-refractivity contribution in [2.45, 2.75) is 31.9 Å². The van der Waals surface area contributed by atoms with Gasteiger partial charge in [0.25, 0.3) is 0 Å². The van der Waals surface area contributed by atoms with Gasteiger partial charge < -0.3 is 4.74 Å². The number of benzene rings is 2. The number of rotatable bonds is 5. The van der Waals surface area contributed by atoms with Crippen molar-refractivity contribution in [1.82, 2.24) is 14.6 Å². The summed E-state index contributed by atoms with van der Waals surface area (Å²) in [5.41, 5.74) is 0.997. The normalized spacial score (nSPS) is 13.6. The van der Waals surface area contributed by atoms with Crippen LogP contribution in [0.5, 0.6) is 0 Å². The molecule has 4 aromatic rings. The summed E-state index contributed by atoms with van der Waals surface area (Å²) in [6.45, 7) is 3.39. The highest BCUT2D eigenvalue weighted by Gasteiger charge is 2.40. The third-order valence-electron chi connectivity index (χ3n) is 5.84. The average molecular weight is 471 g/mol. The van der Waals surface area contributed by atoms with E-state index in [-0.39, 0.29) is 6.42 Å². The van der Waals surface area contributed by atoms with Crippen LogP contribution >= 0.6 is 0 Å². The minimum absolute atomic E-state index is 0.130. The number of fused-ring (bicyclic) bond motifs is 1. The topological polar surface area (TPSA) is 56.5 Å². The van der Waals surface area contributed by atoms with E-state index in [9.17, 15) is 22.4 Å². The summed E-state index contributed by atoms with van der Waals surface area (Å²) in [5, 5.41) is 4.55. The van der Waals surface area contributed by atoms with Crippen LogP contribution in [0.3, 0.4) is 0 Å². The highest BCUT2D eigenvalue weighted by atomic mass is 19.4. The van der Waals surface area contributed by atoms with Gasteiger partial charge in [-0.25, -0.2) is 13.9 Å². The van der Waals surface area contributed by atoms with Gasteiger partial charge in [0, 0.05) is 11.8 Å². The Labute approximate surface area is 193 Å². The molecule has 0 saturated heterocycles. The molecular formula is C25H21F4N3O2. The van der Waals surface area contributed by atoms with Crippen molar-refractivity contribution in [3.05, 3.63) is 89.1 Å². The molecule has 0 radical (unpaired) electrons. The lowest BCUT2D eigenvalue weighted by molar-refractivity contribution is -0.147. The van der Waals surface area contributed by atoms with E-state index < -0.39 is 28.9 Å². The van der Waals surface area contributed by atoms with Crippen LogP contribution < -0.4 is 0 Å². The number of carbonyl (C=O) groups excluding carboxylic acids is 1. The van der Waals surface area contributed by atoms with Gasteiger partial charge in [-0.15, -0.1) is 0 Å². The molecule has 34 heavy (non-hydrogen) atoms. The lowest BCUT2D eigenvalue weighted by Crippen LogP contribution is -2.38. The molecule has 0 amide bonds. The van der Waals surface area contributed by atoms with E-state index in [1.807, 2.05) is 0 Å². The maximum Gasteiger partial charge on any atom is 0.416 e. The van der Waals surface area contributed by atoms with E-state index in [1.54, 1.807) is 32.0 Å². The molecule has 2 aromatic carbocycles. The Balaban J connectivity index is 1.87. The molecule has 0 bridgehead atoms. The Hall–Kier alpha value is -3.75. The smallest absolute Gasteiger partial charge is 0.416 e. The van der Waals surface area contributed by atoms with Gasteiger partial charge in [-0.1, -0.05) is 24.3 Å². The van der Waals surface area contributed by atoms with E-state index >= 15 is 0 Å².